The fourth-order valence-electron chi connectivity index (χ4n) is 3.03. The third kappa shape index (κ3) is 4.60. The van der Waals surface area contributed by atoms with Crippen LogP contribution in [-0.4, -0.2) is 40.6 Å². The summed E-state index contributed by atoms with van der Waals surface area (Å²) in [5, 5.41) is 1.04. The number of amides is 1. The van der Waals surface area contributed by atoms with Crippen LogP contribution in [0.3, 0.4) is 0 Å². The quantitative estimate of drug-likeness (QED) is 0.692. The summed E-state index contributed by atoms with van der Waals surface area (Å²) in [5.74, 6) is -0.624. The highest BCUT2D eigenvalue weighted by molar-refractivity contribution is 8.03. The van der Waals surface area contributed by atoms with E-state index in [1.165, 1.54) is 17.4 Å². The summed E-state index contributed by atoms with van der Waals surface area (Å²) < 4.78 is 39.0. The lowest BCUT2D eigenvalue weighted by molar-refractivity contribution is -0.132. The zero-order chi connectivity index (χ0) is 19.6. The highest BCUT2D eigenvalue weighted by Gasteiger charge is 2.40. The highest BCUT2D eigenvalue weighted by atomic mass is 35.5. The molecule has 0 bridgehead atoms. The minimum Gasteiger partial charge on any atom is -0.293 e. The van der Waals surface area contributed by atoms with Gasteiger partial charge in [-0.25, -0.2) is 5.01 Å². The van der Waals surface area contributed by atoms with Crippen LogP contribution in [0.25, 0.3) is 0 Å². The Morgan fingerprint density at radius 2 is 2.19 bits per heavy atom. The molecule has 0 saturated carbocycles. The molecule has 1 amide bonds. The lowest BCUT2D eigenvalue weighted by atomic mass is 9.90. The highest BCUT2D eigenvalue weighted by Crippen LogP contribution is 2.34. The molecule has 3 aliphatic rings. The number of allylic oxidation sites excluding steroid dienone is 5. The minimum atomic E-state index is -4.49. The molecule has 3 unspecified atom stereocenters. The smallest absolute Gasteiger partial charge is 0.293 e. The Kier molecular flexibility index (Phi) is 6.05. The van der Waals surface area contributed by atoms with E-state index in [0.717, 1.165) is 28.5 Å². The normalized spacial score (nSPS) is 28.2. The molecule has 1 heterocycles. The van der Waals surface area contributed by atoms with Crippen LogP contribution in [-0.2, 0) is 4.79 Å². The summed E-state index contributed by atoms with van der Waals surface area (Å²) in [5.41, 5.74) is 2.96. The zero-order valence-corrected chi connectivity index (χ0v) is 16.1. The van der Waals surface area contributed by atoms with Crippen LogP contribution in [0, 0.1) is 5.92 Å². The number of thioether (sulfide) groups is 1. The zero-order valence-electron chi connectivity index (χ0n) is 14.5. The van der Waals surface area contributed by atoms with Crippen molar-refractivity contribution >= 4 is 35.6 Å². The standard InChI is InChI=1S/C18H19ClF3N3OS/c1-2-27-16-5-3-4-12(19)9-15(16)24-25-10-23-14-7-6-11(18(20,21)22)8-13(14)17(25)26/h3,5-8,10,12-14,24H,2,4,9H2,1H3. The largest absolute Gasteiger partial charge is 0.416 e. The number of halogens is 4. The van der Waals surface area contributed by atoms with Crippen molar-refractivity contribution < 1.29 is 18.0 Å². The molecule has 0 radical (unpaired) electrons. The van der Waals surface area contributed by atoms with Gasteiger partial charge in [-0.2, -0.15) is 13.2 Å². The average molecular weight is 418 g/mol. The maximum atomic E-state index is 13.0. The molecule has 4 nitrogen and oxygen atoms in total. The first-order valence-corrected chi connectivity index (χ1v) is 9.98. The second kappa shape index (κ2) is 8.14. The van der Waals surface area contributed by atoms with Crippen molar-refractivity contribution in [3.63, 3.8) is 0 Å². The van der Waals surface area contributed by atoms with Crippen molar-refractivity contribution in [3.8, 4) is 0 Å². The van der Waals surface area contributed by atoms with Crippen molar-refractivity contribution in [1.29, 1.82) is 0 Å². The second-order valence-electron chi connectivity index (χ2n) is 6.30. The topological polar surface area (TPSA) is 44.7 Å². The molecule has 146 valence electrons. The fourth-order valence-corrected chi connectivity index (χ4v) is 4.09. The molecular formula is C18H19ClF3N3OS. The number of hydrazine groups is 1. The second-order valence-corrected chi connectivity index (χ2v) is 8.22. The van der Waals surface area contributed by atoms with Gasteiger partial charge >= 0.3 is 6.18 Å². The summed E-state index contributed by atoms with van der Waals surface area (Å²) in [7, 11) is 0. The summed E-state index contributed by atoms with van der Waals surface area (Å²) in [6.45, 7) is 2.02. The van der Waals surface area contributed by atoms with Gasteiger partial charge in [0, 0.05) is 22.4 Å². The van der Waals surface area contributed by atoms with E-state index in [9.17, 15) is 18.0 Å². The average Bonchev–Trinajstić information content (AvgIpc) is 2.78. The molecule has 0 aromatic heterocycles. The van der Waals surface area contributed by atoms with Gasteiger partial charge in [0.05, 0.1) is 17.5 Å². The lowest BCUT2D eigenvalue weighted by Crippen LogP contribution is -2.50. The molecule has 0 aromatic rings. The van der Waals surface area contributed by atoms with Crippen molar-refractivity contribution in [2.45, 2.75) is 37.4 Å². The van der Waals surface area contributed by atoms with Crippen LogP contribution in [0.5, 0.6) is 0 Å². The van der Waals surface area contributed by atoms with Gasteiger partial charge in [0.1, 0.15) is 6.34 Å². The Labute approximate surface area is 164 Å². The first-order valence-electron chi connectivity index (χ1n) is 8.56. The molecule has 1 N–H and O–H groups in total. The number of carbonyl (C=O) groups excluding carboxylic acids is 1. The van der Waals surface area contributed by atoms with E-state index >= 15 is 0 Å². The molecule has 0 spiro atoms. The molecule has 9 heteroatoms. The Bertz CT molecular complexity index is 757. The molecule has 27 heavy (non-hydrogen) atoms. The summed E-state index contributed by atoms with van der Waals surface area (Å²) in [4.78, 5) is 18.0. The first kappa shape index (κ1) is 20.1. The van der Waals surface area contributed by atoms with Gasteiger partial charge in [-0.15, -0.1) is 23.4 Å². The van der Waals surface area contributed by atoms with E-state index in [2.05, 4.69) is 10.4 Å². The van der Waals surface area contributed by atoms with Gasteiger partial charge in [-0.3, -0.25) is 15.2 Å². The minimum absolute atomic E-state index is 0.127. The molecule has 0 aromatic carbocycles. The first-order chi connectivity index (χ1) is 12.8. The number of aliphatic imine (C=N–C) groups is 1. The number of carbonyl (C=O) groups is 1. The van der Waals surface area contributed by atoms with Gasteiger partial charge in [-0.05, 0) is 12.2 Å². The van der Waals surface area contributed by atoms with Crippen LogP contribution in [0.15, 0.2) is 51.5 Å². The van der Waals surface area contributed by atoms with Crippen molar-refractivity contribution in [2.24, 2.45) is 10.9 Å². The third-order valence-corrected chi connectivity index (χ3v) is 5.66. The SMILES string of the molecule is CCSC1=C(NN2C=NC3C=CC(C(F)(F)F)=CC3C2=O)CC(Cl)CC=C1. The Hall–Kier alpha value is -1.67. The van der Waals surface area contributed by atoms with Crippen molar-refractivity contribution in [3.05, 3.63) is 46.6 Å². The van der Waals surface area contributed by atoms with Gasteiger partial charge in [0.15, 0.2) is 0 Å². The molecule has 0 saturated heterocycles. The number of fused-ring (bicyclic) bond motifs is 1. The Balaban J connectivity index is 1.84. The van der Waals surface area contributed by atoms with Crippen LogP contribution in [0.2, 0.25) is 0 Å². The molecule has 3 atom stereocenters. The maximum Gasteiger partial charge on any atom is 0.416 e. The molecule has 2 aliphatic carbocycles. The number of nitrogens with one attached hydrogen (secondary N) is 1. The lowest BCUT2D eigenvalue weighted by Gasteiger charge is -2.33. The predicted octanol–water partition coefficient (Wildman–Crippen LogP) is 4.33. The number of rotatable bonds is 4. The number of hydrogen-bond donors (Lipinski definition) is 1. The monoisotopic (exact) mass is 417 g/mol. The Morgan fingerprint density at radius 3 is 2.89 bits per heavy atom. The number of hydrogen-bond acceptors (Lipinski definition) is 4. The van der Waals surface area contributed by atoms with E-state index in [1.807, 2.05) is 19.1 Å². The van der Waals surface area contributed by atoms with E-state index in [4.69, 9.17) is 11.6 Å². The van der Waals surface area contributed by atoms with Crippen LogP contribution in [0.4, 0.5) is 13.2 Å². The van der Waals surface area contributed by atoms with E-state index in [0.29, 0.717) is 12.8 Å². The summed E-state index contributed by atoms with van der Waals surface area (Å²) >= 11 is 7.91. The van der Waals surface area contributed by atoms with Crippen molar-refractivity contribution in [2.75, 3.05) is 5.75 Å². The van der Waals surface area contributed by atoms with Crippen LogP contribution >= 0.6 is 23.4 Å². The third-order valence-electron chi connectivity index (χ3n) is 4.34. The maximum absolute atomic E-state index is 13.0. The summed E-state index contributed by atoms with van der Waals surface area (Å²) in [6, 6.07) is -0.616. The predicted molar refractivity (Wildman–Crippen MR) is 102 cm³/mol. The van der Waals surface area contributed by atoms with Crippen LogP contribution < -0.4 is 5.43 Å². The van der Waals surface area contributed by atoms with Gasteiger partial charge in [-0.1, -0.05) is 37.3 Å². The molecule has 1 aliphatic heterocycles. The van der Waals surface area contributed by atoms with Gasteiger partial charge in [0.25, 0.3) is 5.91 Å². The summed E-state index contributed by atoms with van der Waals surface area (Å²) in [6.07, 6.45) is 5.25. The molecule has 3 rings (SSSR count). The number of alkyl halides is 4. The molecular weight excluding hydrogens is 399 g/mol. The van der Waals surface area contributed by atoms with E-state index in [1.54, 1.807) is 11.8 Å². The van der Waals surface area contributed by atoms with E-state index < -0.39 is 29.6 Å². The van der Waals surface area contributed by atoms with Crippen molar-refractivity contribution in [1.82, 2.24) is 10.4 Å². The number of nitrogens with zero attached hydrogens (tertiary/aromatic N) is 2. The van der Waals surface area contributed by atoms with Crippen LogP contribution in [0.1, 0.15) is 19.8 Å². The van der Waals surface area contributed by atoms with E-state index in [-0.39, 0.29) is 5.38 Å². The Morgan fingerprint density at radius 1 is 1.41 bits per heavy atom. The fraction of sp³-hybridized carbons (Fsp3) is 0.444. The van der Waals surface area contributed by atoms with Gasteiger partial charge in [0.2, 0.25) is 0 Å². The van der Waals surface area contributed by atoms with Gasteiger partial charge < -0.3 is 0 Å². The molecule has 0 fully saturated rings.